The second kappa shape index (κ2) is 11.4. The van der Waals surface area contributed by atoms with Crippen LogP contribution in [0.3, 0.4) is 0 Å². The van der Waals surface area contributed by atoms with Crippen molar-refractivity contribution in [3.05, 3.63) is 65.3 Å². The Morgan fingerprint density at radius 2 is 1.48 bits per heavy atom. The second-order valence-corrected chi connectivity index (χ2v) is 6.58. The van der Waals surface area contributed by atoms with Crippen LogP contribution in [0.5, 0.6) is 0 Å². The number of rotatable bonds is 1. The van der Waals surface area contributed by atoms with E-state index in [1.807, 2.05) is 26.8 Å². The first-order valence-corrected chi connectivity index (χ1v) is 7.17. The Bertz CT molecular complexity index is 537. The zero-order chi connectivity index (χ0) is 15.5. The summed E-state index contributed by atoms with van der Waals surface area (Å²) in [6.07, 6.45) is 2.33. The predicted molar refractivity (Wildman–Crippen MR) is 90.5 cm³/mol. The second-order valence-electron chi connectivity index (χ2n) is 6.58. The van der Waals surface area contributed by atoms with Gasteiger partial charge >= 0.3 is 21.7 Å². The van der Waals surface area contributed by atoms with Gasteiger partial charge in [-0.1, -0.05) is 56.6 Å². The topological polar surface area (TPSA) is 23.8 Å². The summed E-state index contributed by atoms with van der Waals surface area (Å²) in [5.74, 6) is 0.521. The van der Waals surface area contributed by atoms with Crippen LogP contribution in [0.25, 0.3) is 11.3 Å². The van der Waals surface area contributed by atoms with Crippen molar-refractivity contribution in [3.8, 4) is 0 Å². The third-order valence-electron chi connectivity index (χ3n) is 3.26. The van der Waals surface area contributed by atoms with Crippen LogP contribution in [0.4, 0.5) is 0 Å². The third-order valence-corrected chi connectivity index (χ3v) is 3.26. The van der Waals surface area contributed by atoms with Crippen LogP contribution in [0.15, 0.2) is 41.5 Å². The average molecular weight is 388 g/mol. The minimum Gasteiger partial charge on any atom is -1.00 e. The van der Waals surface area contributed by atoms with E-state index in [0.717, 1.165) is 5.56 Å². The molecule has 1 aliphatic carbocycles. The van der Waals surface area contributed by atoms with E-state index in [1.165, 1.54) is 22.3 Å². The molecular weight excluding hydrogens is 361 g/mol. The molecule has 0 bridgehead atoms. The van der Waals surface area contributed by atoms with Crippen LogP contribution in [0.1, 0.15) is 52.7 Å². The SMILES string of the molecule is CC(C)(C)[NH-].[CH2-]c1ccccc1C1=C(C)C(C)=CC1C.[Cl-].[Cl-].[Ti+2]. The number of benzene rings is 1. The molecule has 0 fully saturated rings. The van der Waals surface area contributed by atoms with E-state index in [9.17, 15) is 0 Å². The van der Waals surface area contributed by atoms with Gasteiger partial charge in [0, 0.05) is 0 Å². The summed E-state index contributed by atoms with van der Waals surface area (Å²) in [6, 6.07) is 8.38. The zero-order valence-corrected chi connectivity index (χ0v) is 18.0. The molecule has 1 aromatic rings. The summed E-state index contributed by atoms with van der Waals surface area (Å²) in [6.45, 7) is 16.3. The van der Waals surface area contributed by atoms with Crippen molar-refractivity contribution in [2.75, 3.05) is 0 Å². The predicted octanol–water partition coefficient (Wildman–Crippen LogP) is 0.0809. The largest absolute Gasteiger partial charge is 2.00 e. The number of nitrogens with one attached hydrogen (secondary N) is 1. The Kier molecular flexibility index (Phi) is 13.7. The molecule has 1 nitrogen and oxygen atoms in total. The summed E-state index contributed by atoms with van der Waals surface area (Å²) in [4.78, 5) is 0. The van der Waals surface area contributed by atoms with Gasteiger partial charge in [-0.2, -0.15) is 18.6 Å². The van der Waals surface area contributed by atoms with E-state index in [2.05, 4.69) is 52.0 Å². The molecule has 0 saturated heterocycles. The fraction of sp³-hybridized carbons (Fsp3) is 0.421. The van der Waals surface area contributed by atoms with Gasteiger partial charge in [0.2, 0.25) is 0 Å². The molecule has 1 aliphatic rings. The molecule has 0 aromatic heterocycles. The first-order valence-electron chi connectivity index (χ1n) is 7.17. The Morgan fingerprint density at radius 3 is 1.83 bits per heavy atom. The van der Waals surface area contributed by atoms with Crippen molar-refractivity contribution in [1.82, 2.24) is 0 Å². The van der Waals surface area contributed by atoms with Crippen LogP contribution in [0, 0.1) is 12.8 Å². The van der Waals surface area contributed by atoms with Gasteiger partial charge in [-0.3, -0.25) is 0 Å². The molecule has 0 amide bonds. The fourth-order valence-corrected chi connectivity index (χ4v) is 2.37. The van der Waals surface area contributed by atoms with E-state index in [1.54, 1.807) is 0 Å². The van der Waals surface area contributed by atoms with Crippen molar-refractivity contribution in [3.63, 3.8) is 0 Å². The van der Waals surface area contributed by atoms with E-state index >= 15 is 0 Å². The molecule has 0 heterocycles. The van der Waals surface area contributed by atoms with Gasteiger partial charge in [-0.15, -0.1) is 23.2 Å². The fourth-order valence-electron chi connectivity index (χ4n) is 2.37. The maximum atomic E-state index is 6.94. The van der Waals surface area contributed by atoms with Crippen LogP contribution in [-0.2, 0) is 21.7 Å². The summed E-state index contributed by atoms with van der Waals surface area (Å²) >= 11 is 0. The normalized spacial score (nSPS) is 16.1. The van der Waals surface area contributed by atoms with Gasteiger partial charge in [-0.25, -0.2) is 0 Å². The molecule has 2 rings (SSSR count). The molecule has 4 heteroatoms. The molecule has 1 aromatic carbocycles. The summed E-state index contributed by atoms with van der Waals surface area (Å²) in [5, 5.41) is 0. The van der Waals surface area contributed by atoms with Crippen LogP contribution in [0.2, 0.25) is 0 Å². The van der Waals surface area contributed by atoms with Crippen molar-refractivity contribution >= 4 is 5.57 Å². The standard InChI is InChI=1S/C15H17.C4H10N.2ClH.Ti/c1-10-7-5-6-8-14(10)15-12(3)9-11(2)13(15)4;1-4(2,3)5;;;/h5-9,12H,1H2,2-4H3;5H,1-3H3;2*1H;/q2*-1;;;+2/p-2. The van der Waals surface area contributed by atoms with Crippen molar-refractivity contribution < 1.29 is 46.5 Å². The quantitative estimate of drug-likeness (QED) is 0.481. The summed E-state index contributed by atoms with van der Waals surface area (Å²) < 4.78 is 0. The maximum Gasteiger partial charge on any atom is 2.00 e. The number of hydrogen-bond donors (Lipinski definition) is 0. The van der Waals surface area contributed by atoms with Crippen molar-refractivity contribution in [2.24, 2.45) is 5.92 Å². The zero-order valence-electron chi connectivity index (χ0n) is 14.9. The third kappa shape index (κ3) is 9.03. The first kappa shape index (κ1) is 27.7. The minimum absolute atomic E-state index is 0. The molecule has 128 valence electrons. The smallest absolute Gasteiger partial charge is 1.00 e. The maximum absolute atomic E-state index is 6.94. The molecule has 0 saturated carbocycles. The molecule has 0 spiro atoms. The molecule has 0 aliphatic heterocycles. The van der Waals surface area contributed by atoms with E-state index in [4.69, 9.17) is 5.73 Å². The van der Waals surface area contributed by atoms with Crippen LogP contribution >= 0.6 is 0 Å². The van der Waals surface area contributed by atoms with E-state index in [0.29, 0.717) is 5.92 Å². The van der Waals surface area contributed by atoms with Crippen LogP contribution < -0.4 is 24.8 Å². The van der Waals surface area contributed by atoms with Gasteiger partial charge in [-0.05, 0) is 19.8 Å². The van der Waals surface area contributed by atoms with Crippen molar-refractivity contribution in [1.29, 1.82) is 0 Å². The number of hydrogen-bond acceptors (Lipinski definition) is 0. The molecule has 0 radical (unpaired) electrons. The van der Waals surface area contributed by atoms with E-state index in [-0.39, 0.29) is 52.1 Å². The summed E-state index contributed by atoms with van der Waals surface area (Å²) in [5.41, 5.74) is 13.4. The van der Waals surface area contributed by atoms with Gasteiger partial charge < -0.3 is 30.5 Å². The monoisotopic (exact) mass is 387 g/mol. The minimum atomic E-state index is -0.250. The molecule has 1 atom stereocenters. The number of halogens is 2. The van der Waals surface area contributed by atoms with E-state index < -0.39 is 0 Å². The van der Waals surface area contributed by atoms with Crippen molar-refractivity contribution in [2.45, 2.75) is 47.1 Å². The summed E-state index contributed by atoms with van der Waals surface area (Å²) in [7, 11) is 0. The molecular formula is C19H27Cl2NTi-2. The van der Waals surface area contributed by atoms with Gasteiger partial charge in [0.1, 0.15) is 0 Å². The Hall–Kier alpha value is -0.176. The van der Waals surface area contributed by atoms with Crippen LogP contribution in [-0.4, -0.2) is 5.54 Å². The molecule has 1 N–H and O–H groups in total. The average Bonchev–Trinajstić information content (AvgIpc) is 2.52. The van der Waals surface area contributed by atoms with Gasteiger partial charge in [0.15, 0.2) is 0 Å². The molecule has 1 unspecified atom stereocenters. The Balaban J connectivity index is -0.000000444. The van der Waals surface area contributed by atoms with Gasteiger partial charge in [0.25, 0.3) is 0 Å². The first-order chi connectivity index (χ1) is 9.11. The Morgan fingerprint density at radius 1 is 1.04 bits per heavy atom. The molecule has 23 heavy (non-hydrogen) atoms. The Labute approximate surface area is 169 Å². The van der Waals surface area contributed by atoms with Gasteiger partial charge in [0.05, 0.1) is 0 Å². The number of allylic oxidation sites excluding steroid dienone is 4.